The number of aryl methyl sites for hydroxylation is 3. The van der Waals surface area contributed by atoms with Crippen LogP contribution in [0.4, 0.5) is 4.39 Å². The molecule has 3 heteroatoms. The van der Waals surface area contributed by atoms with E-state index in [2.05, 4.69) is 19.2 Å². The van der Waals surface area contributed by atoms with Gasteiger partial charge in [0, 0.05) is 6.42 Å². The molecule has 0 spiro atoms. The van der Waals surface area contributed by atoms with Crippen LogP contribution in [0.3, 0.4) is 0 Å². The molecule has 0 amide bonds. The van der Waals surface area contributed by atoms with E-state index in [0.29, 0.717) is 11.1 Å². The van der Waals surface area contributed by atoms with Gasteiger partial charge in [-0.25, -0.2) is 4.39 Å². The third-order valence-corrected chi connectivity index (χ3v) is 3.52. The predicted molar refractivity (Wildman–Crippen MR) is 79.5 cm³/mol. The minimum Gasteiger partial charge on any atom is -0.464 e. The fourth-order valence-corrected chi connectivity index (χ4v) is 2.47. The van der Waals surface area contributed by atoms with E-state index in [4.69, 9.17) is 4.42 Å². The summed E-state index contributed by atoms with van der Waals surface area (Å²) >= 11 is 0. The lowest BCUT2D eigenvalue weighted by Crippen LogP contribution is -2.22. The lowest BCUT2D eigenvalue weighted by Gasteiger charge is -2.18. The van der Waals surface area contributed by atoms with Crippen LogP contribution in [0.1, 0.15) is 48.1 Å². The van der Waals surface area contributed by atoms with Crippen LogP contribution in [0.5, 0.6) is 0 Å². The molecule has 0 saturated heterocycles. The molecule has 1 aromatic carbocycles. The molecule has 0 radical (unpaired) electrons. The van der Waals surface area contributed by atoms with Gasteiger partial charge in [-0.3, -0.25) is 0 Å². The topological polar surface area (TPSA) is 25.2 Å². The summed E-state index contributed by atoms with van der Waals surface area (Å²) in [5, 5.41) is 3.41. The van der Waals surface area contributed by atoms with E-state index in [0.717, 1.165) is 30.0 Å². The summed E-state index contributed by atoms with van der Waals surface area (Å²) in [5.74, 6) is 1.73. The molecule has 0 fully saturated rings. The second kappa shape index (κ2) is 6.23. The summed E-state index contributed by atoms with van der Waals surface area (Å²) in [5.41, 5.74) is 2.38. The van der Waals surface area contributed by atoms with Crippen molar-refractivity contribution in [3.63, 3.8) is 0 Å². The van der Waals surface area contributed by atoms with Gasteiger partial charge in [-0.2, -0.15) is 0 Å². The van der Waals surface area contributed by atoms with Gasteiger partial charge in [0.15, 0.2) is 0 Å². The molecule has 108 valence electrons. The molecule has 1 aromatic heterocycles. The van der Waals surface area contributed by atoms with Gasteiger partial charge in [0.2, 0.25) is 0 Å². The first-order valence-corrected chi connectivity index (χ1v) is 7.15. The quantitative estimate of drug-likeness (QED) is 0.880. The number of rotatable bonds is 5. The first kappa shape index (κ1) is 14.8. The van der Waals surface area contributed by atoms with E-state index < -0.39 is 0 Å². The Hall–Kier alpha value is -1.61. The molecule has 0 aliphatic heterocycles. The van der Waals surface area contributed by atoms with Gasteiger partial charge in [-0.05, 0) is 49.2 Å². The van der Waals surface area contributed by atoms with Crippen LogP contribution in [0, 0.1) is 19.7 Å². The second-order valence-electron chi connectivity index (χ2n) is 5.12. The zero-order valence-corrected chi connectivity index (χ0v) is 12.6. The fraction of sp³-hybridized carbons (Fsp3) is 0.412. The van der Waals surface area contributed by atoms with Gasteiger partial charge < -0.3 is 9.73 Å². The van der Waals surface area contributed by atoms with E-state index >= 15 is 0 Å². The van der Waals surface area contributed by atoms with Crippen molar-refractivity contribution in [2.24, 2.45) is 0 Å². The third kappa shape index (κ3) is 2.93. The van der Waals surface area contributed by atoms with Crippen LogP contribution in [0.15, 0.2) is 28.7 Å². The molecule has 2 rings (SSSR count). The van der Waals surface area contributed by atoms with Gasteiger partial charge in [-0.1, -0.05) is 26.0 Å². The monoisotopic (exact) mass is 275 g/mol. The zero-order chi connectivity index (χ0) is 14.7. The van der Waals surface area contributed by atoms with Crippen LogP contribution in [0.25, 0.3) is 0 Å². The molecular weight excluding hydrogens is 253 g/mol. The summed E-state index contributed by atoms with van der Waals surface area (Å²) in [4.78, 5) is 0. The zero-order valence-electron chi connectivity index (χ0n) is 12.6. The average Bonchev–Trinajstić information content (AvgIpc) is 2.90. The fourth-order valence-electron chi connectivity index (χ4n) is 2.47. The minimum atomic E-state index is -0.127. The number of benzene rings is 1. The first-order chi connectivity index (χ1) is 9.56. The molecular formula is C17H22FNO. The smallest absolute Gasteiger partial charge is 0.129 e. The molecule has 0 aliphatic carbocycles. The van der Waals surface area contributed by atoms with Crippen LogP contribution in [-0.4, -0.2) is 6.54 Å². The maximum atomic E-state index is 13.8. The van der Waals surface area contributed by atoms with E-state index in [1.807, 2.05) is 24.3 Å². The number of nitrogens with one attached hydrogen (secondary N) is 1. The minimum absolute atomic E-state index is 0.0294. The number of halogens is 1. The maximum absolute atomic E-state index is 13.8. The lowest BCUT2D eigenvalue weighted by atomic mass is 9.99. The molecule has 0 bridgehead atoms. The Morgan fingerprint density at radius 3 is 2.30 bits per heavy atom. The van der Waals surface area contributed by atoms with Crippen LogP contribution >= 0.6 is 0 Å². The Kier molecular flexibility index (Phi) is 4.61. The molecule has 1 heterocycles. The number of hydrogen-bond donors (Lipinski definition) is 1. The van der Waals surface area contributed by atoms with Crippen molar-refractivity contribution in [1.29, 1.82) is 0 Å². The molecule has 2 aromatic rings. The summed E-state index contributed by atoms with van der Waals surface area (Å²) in [6.07, 6.45) is 0.875. The highest BCUT2D eigenvalue weighted by Crippen LogP contribution is 2.27. The lowest BCUT2D eigenvalue weighted by molar-refractivity contribution is 0.425. The van der Waals surface area contributed by atoms with E-state index in [1.165, 1.54) is 0 Å². The third-order valence-electron chi connectivity index (χ3n) is 3.52. The Labute approximate surface area is 120 Å². The van der Waals surface area contributed by atoms with E-state index in [-0.39, 0.29) is 11.9 Å². The van der Waals surface area contributed by atoms with Crippen molar-refractivity contribution < 1.29 is 8.81 Å². The normalized spacial score (nSPS) is 12.7. The van der Waals surface area contributed by atoms with Crippen LogP contribution in [0.2, 0.25) is 0 Å². The highest BCUT2D eigenvalue weighted by atomic mass is 19.1. The van der Waals surface area contributed by atoms with Crippen molar-refractivity contribution in [3.05, 3.63) is 58.3 Å². The summed E-state index contributed by atoms with van der Waals surface area (Å²) in [6, 6.07) is 7.76. The highest BCUT2D eigenvalue weighted by Gasteiger charge is 2.18. The summed E-state index contributed by atoms with van der Waals surface area (Å²) < 4.78 is 19.6. The van der Waals surface area contributed by atoms with Crippen LogP contribution < -0.4 is 5.32 Å². The maximum Gasteiger partial charge on any atom is 0.129 e. The van der Waals surface area contributed by atoms with Crippen molar-refractivity contribution >= 4 is 0 Å². The summed E-state index contributed by atoms with van der Waals surface area (Å²) in [6.45, 7) is 8.54. The Bertz CT molecular complexity index is 565. The van der Waals surface area contributed by atoms with E-state index in [9.17, 15) is 4.39 Å². The highest BCUT2D eigenvalue weighted by molar-refractivity contribution is 5.35. The largest absolute Gasteiger partial charge is 0.464 e. The molecule has 2 nitrogen and oxygen atoms in total. The van der Waals surface area contributed by atoms with Gasteiger partial charge >= 0.3 is 0 Å². The molecule has 1 unspecified atom stereocenters. The van der Waals surface area contributed by atoms with Crippen molar-refractivity contribution in [3.8, 4) is 0 Å². The molecule has 0 saturated carbocycles. The van der Waals surface area contributed by atoms with Crippen molar-refractivity contribution in [1.82, 2.24) is 5.32 Å². The number of furan rings is 1. The molecule has 20 heavy (non-hydrogen) atoms. The number of hydrogen-bond acceptors (Lipinski definition) is 2. The summed E-state index contributed by atoms with van der Waals surface area (Å²) in [7, 11) is 0. The Morgan fingerprint density at radius 2 is 1.80 bits per heavy atom. The predicted octanol–water partition coefficient (Wildman–Crippen LogP) is 4.30. The van der Waals surface area contributed by atoms with E-state index in [1.54, 1.807) is 13.8 Å². The SMILES string of the molecule is CCNC(c1cc(C)c(F)c(C)c1)c1ccc(CC)o1. The Balaban J connectivity index is 2.42. The average molecular weight is 275 g/mol. The van der Waals surface area contributed by atoms with Crippen molar-refractivity contribution in [2.75, 3.05) is 6.54 Å². The van der Waals surface area contributed by atoms with Crippen molar-refractivity contribution in [2.45, 2.75) is 40.2 Å². The molecule has 1 atom stereocenters. The van der Waals surface area contributed by atoms with Gasteiger partial charge in [0.25, 0.3) is 0 Å². The van der Waals surface area contributed by atoms with Crippen LogP contribution in [-0.2, 0) is 6.42 Å². The standard InChI is InChI=1S/C17H22FNO/c1-5-14-7-8-15(20-14)17(19-6-2)13-9-11(3)16(18)12(4)10-13/h7-10,17,19H,5-6H2,1-4H3. The van der Waals surface area contributed by atoms with Gasteiger partial charge in [-0.15, -0.1) is 0 Å². The molecule has 0 aliphatic rings. The first-order valence-electron chi connectivity index (χ1n) is 7.15. The molecule has 1 N–H and O–H groups in total. The second-order valence-corrected chi connectivity index (χ2v) is 5.12. The Morgan fingerprint density at radius 1 is 1.15 bits per heavy atom. The van der Waals surface area contributed by atoms with Gasteiger partial charge in [0.05, 0.1) is 6.04 Å². The van der Waals surface area contributed by atoms with Gasteiger partial charge in [0.1, 0.15) is 17.3 Å².